The minimum absolute atomic E-state index is 0.300. The number of benzene rings is 1. The van der Waals surface area contributed by atoms with Crippen LogP contribution in [0.5, 0.6) is 11.6 Å². The lowest BCUT2D eigenvalue weighted by atomic mass is 10.0. The van der Waals surface area contributed by atoms with Crippen molar-refractivity contribution in [3.05, 3.63) is 54.2 Å². The first-order chi connectivity index (χ1) is 15.0. The summed E-state index contributed by atoms with van der Waals surface area (Å²) in [4.78, 5) is 29.8. The number of nitrogens with zero attached hydrogens (tertiary/aromatic N) is 3. The third-order valence-corrected chi connectivity index (χ3v) is 4.73. The van der Waals surface area contributed by atoms with E-state index in [1.807, 2.05) is 6.92 Å². The molecule has 8 heteroatoms. The third kappa shape index (κ3) is 5.85. The highest BCUT2D eigenvalue weighted by Gasteiger charge is 2.36. The second kappa shape index (κ2) is 9.96. The average Bonchev–Trinajstić information content (AvgIpc) is 2.71. The summed E-state index contributed by atoms with van der Waals surface area (Å²) in [6.07, 6.45) is 0.608. The fourth-order valence-electron chi connectivity index (χ4n) is 3.27. The molecule has 0 unspecified atom stereocenters. The second-order valence-electron chi connectivity index (χ2n) is 8.32. The first-order valence-electron chi connectivity index (χ1n) is 10.1. The number of anilines is 1. The van der Waals surface area contributed by atoms with Crippen LogP contribution in [0, 0.1) is 11.3 Å². The minimum Gasteiger partial charge on any atom is -0.465 e. The number of allylic oxidation sites excluding steroid dienone is 1. The molecule has 1 aromatic heterocycles. The van der Waals surface area contributed by atoms with Gasteiger partial charge in [-0.2, -0.15) is 5.26 Å². The van der Waals surface area contributed by atoms with Gasteiger partial charge in [0, 0.05) is 11.6 Å². The molecule has 2 amide bonds. The Morgan fingerprint density at radius 3 is 2.47 bits per heavy atom. The fraction of sp³-hybridized carbons (Fsp3) is 0.333. The Labute approximate surface area is 188 Å². The molecular weight excluding hydrogens is 408 g/mol. The molecule has 0 bridgehead atoms. The molecule has 0 spiro atoms. The molecule has 0 fully saturated rings. The largest absolute Gasteiger partial charge is 0.465 e. The molecule has 2 N–H and O–H groups in total. The normalized spacial score (nSPS) is 11.8. The fourth-order valence-corrected chi connectivity index (χ4v) is 3.27. The molecule has 2 rings (SSSR count). The number of carboxylic acid groups (broad SMARTS) is 1. The summed E-state index contributed by atoms with van der Waals surface area (Å²) in [6, 6.07) is 9.53. The van der Waals surface area contributed by atoms with Crippen LogP contribution in [0.2, 0.25) is 0 Å². The van der Waals surface area contributed by atoms with Gasteiger partial charge in [0.25, 0.3) is 0 Å². The number of rotatable bonds is 7. The van der Waals surface area contributed by atoms with Gasteiger partial charge in [0.05, 0.1) is 23.5 Å². The van der Waals surface area contributed by atoms with Crippen molar-refractivity contribution in [3.63, 3.8) is 0 Å². The van der Waals surface area contributed by atoms with Gasteiger partial charge in [-0.15, -0.1) is 0 Å². The monoisotopic (exact) mass is 436 g/mol. The van der Waals surface area contributed by atoms with Gasteiger partial charge in [-0.25, -0.2) is 9.78 Å². The van der Waals surface area contributed by atoms with Crippen molar-refractivity contribution >= 4 is 23.3 Å². The van der Waals surface area contributed by atoms with Crippen molar-refractivity contribution in [2.75, 3.05) is 5.32 Å². The summed E-state index contributed by atoms with van der Waals surface area (Å²) in [7, 11) is 0. The molecule has 1 atom stereocenters. The highest BCUT2D eigenvalue weighted by atomic mass is 16.5. The van der Waals surface area contributed by atoms with E-state index in [4.69, 9.17) is 4.74 Å². The van der Waals surface area contributed by atoms with Gasteiger partial charge in [0.1, 0.15) is 11.8 Å². The van der Waals surface area contributed by atoms with Crippen molar-refractivity contribution in [1.29, 1.82) is 5.26 Å². The number of carbonyl (C=O) groups is 2. The molecule has 8 nitrogen and oxygen atoms in total. The van der Waals surface area contributed by atoms with Crippen LogP contribution in [0.4, 0.5) is 10.5 Å². The van der Waals surface area contributed by atoms with E-state index in [1.165, 1.54) is 6.20 Å². The molecular formula is C24H28N4O4. The predicted molar refractivity (Wildman–Crippen MR) is 123 cm³/mol. The Balaban J connectivity index is 2.15. The van der Waals surface area contributed by atoms with E-state index in [0.29, 0.717) is 34.9 Å². The third-order valence-electron chi connectivity index (χ3n) is 4.73. The zero-order valence-corrected chi connectivity index (χ0v) is 19.0. The lowest BCUT2D eigenvalue weighted by molar-refractivity contribution is -0.122. The smallest absolute Gasteiger partial charge is 0.408 e. The van der Waals surface area contributed by atoms with E-state index >= 15 is 0 Å². The van der Waals surface area contributed by atoms with Crippen LogP contribution in [0.25, 0.3) is 5.57 Å². The molecule has 0 saturated heterocycles. The standard InChI is InChI=1S/C24H28N4O4/c1-7-20(28(23(30)31)24(4,5)6)22(29)27-17-9-11-21(26-14-17)32-18-10-8-16(13-25)19(12-18)15(2)3/h8-12,14,20H,2,7H2,1,3-6H3,(H,27,29)(H,30,31)/t20-/m1/s1. The lowest BCUT2D eigenvalue weighted by Gasteiger charge is -2.38. The SMILES string of the molecule is C=C(C)c1cc(Oc2ccc(NC(=O)[C@@H](CC)N(C(=O)O)C(C)(C)C)cn2)ccc1C#N. The quantitative estimate of drug-likeness (QED) is 0.610. The summed E-state index contributed by atoms with van der Waals surface area (Å²) in [5.74, 6) is 0.368. The van der Waals surface area contributed by atoms with Crippen LogP contribution in [-0.4, -0.2) is 38.6 Å². The Morgan fingerprint density at radius 1 is 1.31 bits per heavy atom. The van der Waals surface area contributed by atoms with Crippen molar-refractivity contribution < 1.29 is 19.4 Å². The first kappa shape index (κ1) is 24.4. The Hall–Kier alpha value is -3.86. The van der Waals surface area contributed by atoms with Crippen molar-refractivity contribution in [2.45, 2.75) is 52.6 Å². The highest BCUT2D eigenvalue weighted by molar-refractivity contribution is 5.96. The molecule has 2 aromatic rings. The van der Waals surface area contributed by atoms with Gasteiger partial charge < -0.3 is 15.2 Å². The molecule has 0 radical (unpaired) electrons. The number of pyridine rings is 1. The van der Waals surface area contributed by atoms with Gasteiger partial charge in [0.2, 0.25) is 11.8 Å². The molecule has 0 aliphatic carbocycles. The van der Waals surface area contributed by atoms with E-state index in [2.05, 4.69) is 22.9 Å². The number of nitriles is 1. The number of hydrogen-bond acceptors (Lipinski definition) is 5. The van der Waals surface area contributed by atoms with Crippen molar-refractivity contribution in [3.8, 4) is 17.7 Å². The van der Waals surface area contributed by atoms with Crippen LogP contribution in [0.15, 0.2) is 43.1 Å². The molecule has 1 heterocycles. The van der Waals surface area contributed by atoms with E-state index in [-0.39, 0.29) is 0 Å². The van der Waals surface area contributed by atoms with Crippen LogP contribution in [0.3, 0.4) is 0 Å². The second-order valence-corrected chi connectivity index (χ2v) is 8.32. The molecule has 0 saturated carbocycles. The molecule has 1 aromatic carbocycles. The molecule has 32 heavy (non-hydrogen) atoms. The number of nitrogens with one attached hydrogen (secondary N) is 1. The summed E-state index contributed by atoms with van der Waals surface area (Å²) >= 11 is 0. The van der Waals surface area contributed by atoms with Crippen LogP contribution in [0.1, 0.15) is 52.2 Å². The van der Waals surface area contributed by atoms with Gasteiger partial charge in [-0.1, -0.05) is 13.5 Å². The number of aromatic nitrogens is 1. The summed E-state index contributed by atoms with van der Waals surface area (Å²) < 4.78 is 5.75. The van der Waals surface area contributed by atoms with E-state index in [1.54, 1.807) is 58.0 Å². The number of amides is 2. The van der Waals surface area contributed by atoms with Gasteiger partial charge >= 0.3 is 6.09 Å². The van der Waals surface area contributed by atoms with Crippen molar-refractivity contribution in [2.24, 2.45) is 0 Å². The maximum absolute atomic E-state index is 12.8. The number of carbonyl (C=O) groups excluding carboxylic acids is 1. The predicted octanol–water partition coefficient (Wildman–Crippen LogP) is 5.27. The maximum Gasteiger partial charge on any atom is 0.408 e. The Bertz CT molecular complexity index is 1050. The van der Waals surface area contributed by atoms with E-state index < -0.39 is 23.6 Å². The molecule has 168 valence electrons. The molecule has 0 aliphatic heterocycles. The average molecular weight is 437 g/mol. The highest BCUT2D eigenvalue weighted by Crippen LogP contribution is 2.27. The topological polar surface area (TPSA) is 116 Å². The zero-order chi connectivity index (χ0) is 24.1. The first-order valence-corrected chi connectivity index (χ1v) is 10.1. The number of hydrogen-bond donors (Lipinski definition) is 2. The Kier molecular flexibility index (Phi) is 7.60. The summed E-state index contributed by atoms with van der Waals surface area (Å²) in [5.41, 5.74) is 1.63. The summed E-state index contributed by atoms with van der Waals surface area (Å²) in [5, 5.41) is 21.5. The zero-order valence-electron chi connectivity index (χ0n) is 19.0. The van der Waals surface area contributed by atoms with E-state index in [9.17, 15) is 20.0 Å². The van der Waals surface area contributed by atoms with Crippen molar-refractivity contribution in [1.82, 2.24) is 9.88 Å². The minimum atomic E-state index is -1.15. The van der Waals surface area contributed by atoms with Gasteiger partial charge in [-0.3, -0.25) is 9.69 Å². The summed E-state index contributed by atoms with van der Waals surface area (Å²) in [6.45, 7) is 12.7. The lowest BCUT2D eigenvalue weighted by Crippen LogP contribution is -2.55. The molecule has 0 aliphatic rings. The van der Waals surface area contributed by atoms with Crippen LogP contribution in [-0.2, 0) is 4.79 Å². The number of ether oxygens (including phenoxy) is 1. The van der Waals surface area contributed by atoms with Gasteiger partial charge in [-0.05, 0) is 69.5 Å². The van der Waals surface area contributed by atoms with Crippen LogP contribution < -0.4 is 10.1 Å². The van der Waals surface area contributed by atoms with Crippen LogP contribution >= 0.6 is 0 Å². The maximum atomic E-state index is 12.8. The van der Waals surface area contributed by atoms with E-state index in [0.717, 1.165) is 10.5 Å². The Morgan fingerprint density at radius 2 is 2.00 bits per heavy atom. The van der Waals surface area contributed by atoms with Gasteiger partial charge in [0.15, 0.2) is 0 Å².